The summed E-state index contributed by atoms with van der Waals surface area (Å²) in [5.74, 6) is 0.0420. The lowest BCUT2D eigenvalue weighted by Gasteiger charge is -2.30. The van der Waals surface area contributed by atoms with Crippen molar-refractivity contribution in [2.45, 2.75) is 26.5 Å². The molecular formula is C17H14Cl2N2O3S. The topological polar surface area (TPSA) is 51.7 Å². The third kappa shape index (κ3) is 3.86. The van der Waals surface area contributed by atoms with Gasteiger partial charge >= 0.3 is 5.97 Å². The fourth-order valence-electron chi connectivity index (χ4n) is 2.36. The Bertz CT molecular complexity index is 841. The zero-order valence-electron chi connectivity index (χ0n) is 13.5. The van der Waals surface area contributed by atoms with Crippen molar-refractivity contribution in [1.82, 2.24) is 4.98 Å². The minimum atomic E-state index is -0.470. The summed E-state index contributed by atoms with van der Waals surface area (Å²) in [5.41, 5.74) is 1.73. The van der Waals surface area contributed by atoms with Crippen molar-refractivity contribution in [2.75, 3.05) is 4.90 Å². The normalized spacial score (nSPS) is 13.5. The van der Waals surface area contributed by atoms with Gasteiger partial charge in [0.1, 0.15) is 5.69 Å². The number of fused-ring (bicyclic) bond motifs is 1. The highest BCUT2D eigenvalue weighted by atomic mass is 35.5. The number of carbonyl (C=O) groups excluding carboxylic acids is 1. The number of benzene rings is 1. The lowest BCUT2D eigenvalue weighted by Crippen LogP contribution is -2.37. The van der Waals surface area contributed by atoms with E-state index in [0.29, 0.717) is 28.0 Å². The average molecular weight is 397 g/mol. The fourth-order valence-corrected chi connectivity index (χ4v) is 3.19. The van der Waals surface area contributed by atoms with Gasteiger partial charge in [-0.15, -0.1) is 0 Å². The molecule has 1 aromatic heterocycles. The van der Waals surface area contributed by atoms with Crippen LogP contribution in [-0.2, 0) is 11.3 Å². The summed E-state index contributed by atoms with van der Waals surface area (Å²) < 4.78 is 10.8. The first kappa shape index (κ1) is 17.9. The molecule has 25 heavy (non-hydrogen) atoms. The molecule has 8 heteroatoms. The van der Waals surface area contributed by atoms with Crippen molar-refractivity contribution in [2.24, 2.45) is 0 Å². The molecule has 1 aromatic carbocycles. The number of rotatable bonds is 3. The van der Waals surface area contributed by atoms with Gasteiger partial charge in [-0.05, 0) is 50.3 Å². The number of hydrogen-bond donors (Lipinski definition) is 0. The lowest BCUT2D eigenvalue weighted by atomic mass is 10.1. The van der Waals surface area contributed by atoms with E-state index in [9.17, 15) is 4.79 Å². The Hall–Kier alpha value is -1.89. The molecule has 2 heterocycles. The standard InChI is InChI=1S/C17H14Cl2N2O3S/c1-9(2)23-16(22)14-4-3-12(7-20-14)21-8-10-5-11(18)6-13(19)15(10)24-17(21)25/h3-7,9H,8H2,1-2H3. The van der Waals surface area contributed by atoms with Gasteiger partial charge in [0, 0.05) is 10.6 Å². The van der Waals surface area contributed by atoms with Gasteiger partial charge < -0.3 is 9.47 Å². The van der Waals surface area contributed by atoms with Gasteiger partial charge in [0.05, 0.1) is 29.6 Å². The third-order valence-electron chi connectivity index (χ3n) is 3.43. The molecule has 1 aliphatic rings. The second kappa shape index (κ2) is 7.15. The van der Waals surface area contributed by atoms with Crippen molar-refractivity contribution in [3.05, 3.63) is 51.8 Å². The summed E-state index contributed by atoms with van der Waals surface area (Å²) in [5, 5.41) is 1.18. The first-order valence-corrected chi connectivity index (χ1v) is 8.66. The lowest BCUT2D eigenvalue weighted by molar-refractivity contribution is 0.0371. The molecule has 0 fully saturated rings. The summed E-state index contributed by atoms with van der Waals surface area (Å²) in [6.07, 6.45) is 1.34. The number of thiocarbonyl (C=S) groups is 1. The van der Waals surface area contributed by atoms with Crippen molar-refractivity contribution < 1.29 is 14.3 Å². The summed E-state index contributed by atoms with van der Waals surface area (Å²) in [6, 6.07) is 6.70. The van der Waals surface area contributed by atoms with Crippen LogP contribution in [0.3, 0.4) is 0 Å². The van der Waals surface area contributed by atoms with Crippen LogP contribution in [0.5, 0.6) is 5.75 Å². The quantitative estimate of drug-likeness (QED) is 0.556. The van der Waals surface area contributed by atoms with Crippen LogP contribution in [0.4, 0.5) is 5.69 Å². The minimum absolute atomic E-state index is 0.206. The van der Waals surface area contributed by atoms with E-state index in [2.05, 4.69) is 4.98 Å². The predicted molar refractivity (Wildman–Crippen MR) is 101 cm³/mol. The van der Waals surface area contributed by atoms with Gasteiger partial charge in [-0.1, -0.05) is 23.2 Å². The highest BCUT2D eigenvalue weighted by Gasteiger charge is 2.26. The van der Waals surface area contributed by atoms with E-state index in [1.165, 1.54) is 0 Å². The number of esters is 1. The molecule has 0 bridgehead atoms. The molecule has 2 aromatic rings. The van der Waals surface area contributed by atoms with Crippen molar-refractivity contribution >= 4 is 52.3 Å². The number of anilines is 1. The van der Waals surface area contributed by atoms with Crippen LogP contribution in [0.15, 0.2) is 30.5 Å². The van der Waals surface area contributed by atoms with Crippen molar-refractivity contribution in [3.8, 4) is 5.75 Å². The Morgan fingerprint density at radius 2 is 2.12 bits per heavy atom. The predicted octanol–water partition coefficient (Wildman–Crippen LogP) is 4.64. The van der Waals surface area contributed by atoms with Gasteiger partial charge in [-0.25, -0.2) is 9.78 Å². The van der Waals surface area contributed by atoms with E-state index in [4.69, 9.17) is 44.9 Å². The van der Waals surface area contributed by atoms with E-state index in [-0.39, 0.29) is 17.0 Å². The molecule has 0 saturated heterocycles. The van der Waals surface area contributed by atoms with E-state index < -0.39 is 5.97 Å². The smallest absolute Gasteiger partial charge is 0.357 e. The van der Waals surface area contributed by atoms with Crippen LogP contribution in [0.2, 0.25) is 10.0 Å². The molecule has 0 atom stereocenters. The molecule has 0 spiro atoms. The maximum atomic E-state index is 11.9. The molecule has 0 unspecified atom stereocenters. The van der Waals surface area contributed by atoms with Crippen LogP contribution in [0.1, 0.15) is 29.9 Å². The Morgan fingerprint density at radius 1 is 1.36 bits per heavy atom. The zero-order chi connectivity index (χ0) is 18.1. The molecule has 3 rings (SSSR count). The van der Waals surface area contributed by atoms with Crippen LogP contribution in [0.25, 0.3) is 0 Å². The Labute approximate surface area is 160 Å². The Balaban J connectivity index is 1.84. The molecule has 0 amide bonds. The SMILES string of the molecule is CC(C)OC(=O)c1ccc(N2Cc3cc(Cl)cc(Cl)c3OC2=S)cn1. The summed E-state index contributed by atoms with van der Waals surface area (Å²) in [7, 11) is 0. The summed E-state index contributed by atoms with van der Waals surface area (Å²) in [6.45, 7) is 4.00. The number of hydrogen-bond acceptors (Lipinski definition) is 5. The fraction of sp³-hybridized carbons (Fsp3) is 0.235. The second-order valence-electron chi connectivity index (χ2n) is 5.69. The molecule has 130 valence electrons. The number of halogens is 2. The maximum Gasteiger partial charge on any atom is 0.357 e. The number of aromatic nitrogens is 1. The molecular weight excluding hydrogens is 383 g/mol. The second-order valence-corrected chi connectivity index (χ2v) is 6.88. The van der Waals surface area contributed by atoms with Gasteiger partial charge in [0.25, 0.3) is 5.17 Å². The third-order valence-corrected chi connectivity index (χ3v) is 4.24. The van der Waals surface area contributed by atoms with E-state index in [0.717, 1.165) is 5.56 Å². The number of carbonyl (C=O) groups is 1. The highest BCUT2D eigenvalue weighted by Crippen LogP contribution is 2.37. The largest absolute Gasteiger partial charge is 0.458 e. The first-order valence-electron chi connectivity index (χ1n) is 7.49. The van der Waals surface area contributed by atoms with Crippen molar-refractivity contribution in [3.63, 3.8) is 0 Å². The molecule has 1 aliphatic heterocycles. The van der Waals surface area contributed by atoms with Gasteiger partial charge in [0.15, 0.2) is 5.75 Å². The number of ether oxygens (including phenoxy) is 2. The Kier molecular flexibility index (Phi) is 5.13. The summed E-state index contributed by atoms with van der Waals surface area (Å²) in [4.78, 5) is 17.8. The summed E-state index contributed by atoms with van der Waals surface area (Å²) >= 11 is 17.5. The average Bonchev–Trinajstić information content (AvgIpc) is 2.54. The Morgan fingerprint density at radius 3 is 2.76 bits per heavy atom. The monoisotopic (exact) mass is 396 g/mol. The van der Waals surface area contributed by atoms with E-state index in [1.54, 1.807) is 49.2 Å². The van der Waals surface area contributed by atoms with Gasteiger partial charge in [0.2, 0.25) is 0 Å². The van der Waals surface area contributed by atoms with Crippen LogP contribution >= 0.6 is 35.4 Å². The first-order chi connectivity index (χ1) is 11.8. The van der Waals surface area contributed by atoms with Crippen molar-refractivity contribution in [1.29, 1.82) is 0 Å². The molecule has 0 aliphatic carbocycles. The van der Waals surface area contributed by atoms with Crippen LogP contribution in [0, 0.1) is 0 Å². The maximum absolute atomic E-state index is 11.9. The highest BCUT2D eigenvalue weighted by molar-refractivity contribution is 7.80. The molecule has 5 nitrogen and oxygen atoms in total. The number of nitrogens with zero attached hydrogens (tertiary/aromatic N) is 2. The molecule has 0 radical (unpaired) electrons. The molecule has 0 saturated carbocycles. The van der Waals surface area contributed by atoms with Crippen LogP contribution < -0.4 is 9.64 Å². The van der Waals surface area contributed by atoms with Gasteiger partial charge in [-0.2, -0.15) is 0 Å². The van der Waals surface area contributed by atoms with E-state index >= 15 is 0 Å². The van der Waals surface area contributed by atoms with Gasteiger partial charge in [-0.3, -0.25) is 4.90 Å². The molecule has 0 N–H and O–H groups in total. The minimum Gasteiger partial charge on any atom is -0.458 e. The zero-order valence-corrected chi connectivity index (χ0v) is 15.8. The van der Waals surface area contributed by atoms with E-state index in [1.807, 2.05) is 0 Å². The van der Waals surface area contributed by atoms with Crippen LogP contribution in [-0.4, -0.2) is 22.2 Å². The number of pyridine rings is 1.